The van der Waals surface area contributed by atoms with Crippen LogP contribution in [-0.2, 0) is 24.2 Å². The Labute approximate surface area is 194 Å². The first-order chi connectivity index (χ1) is 13.8. The average molecular weight is 473 g/mol. The molecule has 0 saturated carbocycles. The fraction of sp³-hybridized carbons (Fsp3) is 0. The van der Waals surface area contributed by atoms with Crippen LogP contribution in [0.1, 0.15) is 11.1 Å². The van der Waals surface area contributed by atoms with Crippen molar-refractivity contribution in [3.63, 3.8) is 0 Å². The van der Waals surface area contributed by atoms with E-state index in [2.05, 4.69) is 103 Å². The van der Waals surface area contributed by atoms with Crippen LogP contribution >= 0.6 is 0 Å². The van der Waals surface area contributed by atoms with Crippen molar-refractivity contribution in [2.45, 2.75) is 0 Å². The van der Waals surface area contributed by atoms with Gasteiger partial charge in [0.25, 0.3) is 0 Å². The summed E-state index contributed by atoms with van der Waals surface area (Å²) in [6.07, 6.45) is 0. The summed E-state index contributed by atoms with van der Waals surface area (Å²) in [5.74, 6) is 0. The van der Waals surface area contributed by atoms with Crippen LogP contribution in [0.3, 0.4) is 0 Å². The Morgan fingerprint density at radius 2 is 1.07 bits per heavy atom. The Kier molecular flexibility index (Phi) is 10.3. The van der Waals surface area contributed by atoms with Crippen molar-refractivity contribution in [2.75, 3.05) is 0 Å². The van der Waals surface area contributed by atoms with E-state index >= 15 is 0 Å². The first-order valence-corrected chi connectivity index (χ1v) is 10.5. The summed E-state index contributed by atoms with van der Waals surface area (Å²) in [5.41, 5.74) is 2.66. The van der Waals surface area contributed by atoms with Gasteiger partial charge in [0.2, 0.25) is 0 Å². The van der Waals surface area contributed by atoms with E-state index in [0.29, 0.717) is 0 Å². The molecule has 0 fully saturated rings. The Morgan fingerprint density at radius 1 is 0.552 bits per heavy atom. The molecule has 144 valence electrons. The summed E-state index contributed by atoms with van der Waals surface area (Å²) in [6.45, 7) is 0. The number of hydrogen-bond acceptors (Lipinski definition) is 0. The van der Waals surface area contributed by atoms with Gasteiger partial charge < -0.3 is 12.4 Å². The molecule has 0 heterocycles. The zero-order valence-electron chi connectivity index (χ0n) is 16.1. The molecule has 2 heteroatoms. The first kappa shape index (κ1) is 22.9. The third kappa shape index (κ3) is 7.54. The maximum absolute atomic E-state index is 2.16. The Bertz CT molecular complexity index is 972. The van der Waals surface area contributed by atoms with Crippen LogP contribution in [0, 0.1) is 0 Å². The van der Waals surface area contributed by atoms with E-state index in [0.717, 1.165) is 0 Å². The van der Waals surface area contributed by atoms with E-state index in [-0.39, 0.29) is 12.4 Å². The van der Waals surface area contributed by atoms with Gasteiger partial charge in [0.1, 0.15) is 0 Å². The smallest absolute Gasteiger partial charge is 0.0809 e. The van der Waals surface area contributed by atoms with Crippen molar-refractivity contribution in [3.8, 4) is 0 Å². The van der Waals surface area contributed by atoms with Crippen molar-refractivity contribution in [2.24, 2.45) is 0 Å². The van der Waals surface area contributed by atoms with Crippen LogP contribution in [0.5, 0.6) is 0 Å². The Morgan fingerprint density at radius 3 is 1.55 bits per heavy atom. The predicted octanol–water partition coefficient (Wildman–Crippen LogP) is 3.77. The molecule has 0 radical (unpaired) electrons. The van der Waals surface area contributed by atoms with Crippen molar-refractivity contribution >= 4 is 14.0 Å². The van der Waals surface area contributed by atoms with E-state index in [1.165, 1.54) is 49.3 Å². The molecule has 0 bridgehead atoms. The molecule has 0 N–H and O–H groups in total. The topological polar surface area (TPSA) is 0 Å². The average Bonchev–Trinajstić information content (AvgIpc) is 3.50. The van der Waals surface area contributed by atoms with Gasteiger partial charge in [0, 0.05) is 0 Å². The van der Waals surface area contributed by atoms with Crippen LogP contribution < -0.4 is 12.4 Å². The number of halogens is 1. The maximum atomic E-state index is 2.16. The standard InChI is InChI=1S/C13H10.C9H7.C5H5.ClH.Zr/c1-3-7-12(8-4-1)11-13-9-5-2-6-10-13;1-2-5-9-7-3-6-8(9)4-1;1-2-4-5-3-1;;/h1-10H;1-7H;1-5H;1H;/q;2*-1;;/p-1. The van der Waals surface area contributed by atoms with Crippen molar-refractivity contribution in [1.82, 2.24) is 0 Å². The van der Waals surface area contributed by atoms with Gasteiger partial charge in [0.05, 0.1) is 0 Å². The van der Waals surface area contributed by atoms with E-state index in [1.54, 1.807) is 0 Å². The molecule has 0 amide bonds. The Balaban J connectivity index is 0.000000171. The normalized spacial score (nSPS) is 9.21. The third-order valence-electron chi connectivity index (χ3n) is 4.23. The molecule has 0 aromatic heterocycles. The van der Waals surface area contributed by atoms with Gasteiger partial charge >= 0.3 is 99.2 Å². The monoisotopic (exact) mass is 471 g/mol. The molecule has 5 aromatic rings. The number of rotatable bonds is 2. The minimum atomic E-state index is 0. The quantitative estimate of drug-likeness (QED) is 0.343. The molecule has 0 unspecified atom stereocenters. The second-order valence-corrected chi connectivity index (χ2v) is 7.45. The van der Waals surface area contributed by atoms with E-state index in [1.807, 2.05) is 30.3 Å². The van der Waals surface area contributed by atoms with Crippen LogP contribution in [0.25, 0.3) is 10.8 Å². The third-order valence-corrected chi connectivity index (χ3v) is 5.65. The minimum absolute atomic E-state index is 0. The summed E-state index contributed by atoms with van der Waals surface area (Å²) >= 11 is 1.46. The van der Waals surface area contributed by atoms with Crippen LogP contribution in [0.15, 0.2) is 133 Å². The molecule has 0 aliphatic heterocycles. The maximum Gasteiger partial charge on any atom is -0.0809 e. The molecule has 0 aliphatic carbocycles. The summed E-state index contributed by atoms with van der Waals surface area (Å²) in [4.78, 5) is 0. The van der Waals surface area contributed by atoms with Crippen LogP contribution in [0.4, 0.5) is 0 Å². The molecule has 5 aromatic carbocycles. The van der Waals surface area contributed by atoms with Crippen LogP contribution in [0.2, 0.25) is 0 Å². The van der Waals surface area contributed by atoms with Crippen molar-refractivity contribution in [1.29, 1.82) is 0 Å². The van der Waals surface area contributed by atoms with Gasteiger partial charge in [-0.1, -0.05) is 6.07 Å². The zero-order chi connectivity index (χ0) is 19.4. The van der Waals surface area contributed by atoms with E-state index in [4.69, 9.17) is 0 Å². The fourth-order valence-corrected chi connectivity index (χ4v) is 3.59. The molecule has 0 saturated heterocycles. The molecular formula is C27H22ClZr-3. The van der Waals surface area contributed by atoms with E-state index in [9.17, 15) is 0 Å². The SMILES string of the molecule is [Cl-].[Zr]=[C](c1ccccc1)c1ccccc1.c1cc[cH-]c1.c1ccc2[cH-]ccc2c1. The van der Waals surface area contributed by atoms with Gasteiger partial charge in [-0.3, -0.25) is 0 Å². The second-order valence-electron chi connectivity index (χ2n) is 6.22. The van der Waals surface area contributed by atoms with Gasteiger partial charge in [-0.2, -0.15) is 35.7 Å². The Hall–Kier alpha value is -2.34. The molecule has 29 heavy (non-hydrogen) atoms. The summed E-state index contributed by atoms with van der Waals surface area (Å²) in [7, 11) is 0. The fourth-order valence-electron chi connectivity index (χ4n) is 2.77. The van der Waals surface area contributed by atoms with Gasteiger partial charge in [-0.15, -0.1) is 29.7 Å². The molecule has 0 atom stereocenters. The predicted molar refractivity (Wildman–Crippen MR) is 118 cm³/mol. The zero-order valence-corrected chi connectivity index (χ0v) is 19.3. The van der Waals surface area contributed by atoms with Gasteiger partial charge in [-0.05, 0) is 0 Å². The van der Waals surface area contributed by atoms with Crippen molar-refractivity contribution < 1.29 is 36.6 Å². The first-order valence-electron chi connectivity index (χ1n) is 9.31. The molecule has 0 nitrogen and oxygen atoms in total. The molecule has 0 aliphatic rings. The summed E-state index contributed by atoms with van der Waals surface area (Å²) in [5, 5.41) is 2.66. The molecular weight excluding hydrogens is 451 g/mol. The van der Waals surface area contributed by atoms with Gasteiger partial charge in [-0.25, -0.2) is 12.1 Å². The van der Waals surface area contributed by atoms with Gasteiger partial charge in [0.15, 0.2) is 0 Å². The number of fused-ring (bicyclic) bond motifs is 1. The molecule has 5 rings (SSSR count). The summed E-state index contributed by atoms with van der Waals surface area (Å²) in [6, 6.07) is 45.8. The summed E-state index contributed by atoms with van der Waals surface area (Å²) < 4.78 is 1.42. The van der Waals surface area contributed by atoms with E-state index < -0.39 is 0 Å². The largest absolute Gasteiger partial charge is 0.214 e. The number of hydrogen-bond donors (Lipinski definition) is 0. The van der Waals surface area contributed by atoms with Crippen molar-refractivity contribution in [3.05, 3.63) is 145 Å². The number of benzene rings is 3. The second kappa shape index (κ2) is 13.0. The van der Waals surface area contributed by atoms with Crippen LogP contribution in [-0.4, -0.2) is 3.21 Å². The molecule has 0 spiro atoms. The minimum Gasteiger partial charge on any atom is -0.214 e.